The maximum Gasteiger partial charge on any atom is 0.233 e. The third kappa shape index (κ3) is 1.80. The number of anilines is 2. The predicted molar refractivity (Wildman–Crippen MR) is 38.8 cm³/mol. The van der Waals surface area contributed by atoms with E-state index in [2.05, 4.69) is 14.7 Å². The Balaban J connectivity index is 2.42. The van der Waals surface area contributed by atoms with Gasteiger partial charge in [0.15, 0.2) is 0 Å². The van der Waals surface area contributed by atoms with Crippen LogP contribution in [0.3, 0.4) is 0 Å². The number of aromatic nitrogens is 2. The highest BCUT2D eigenvalue weighted by atomic mass is 32.1. The van der Waals surface area contributed by atoms with E-state index in [0.717, 1.165) is 11.5 Å². The highest BCUT2D eigenvalue weighted by molar-refractivity contribution is 7.09. The minimum absolute atomic E-state index is 0.228. The van der Waals surface area contributed by atoms with Crippen molar-refractivity contribution in [1.29, 1.82) is 0 Å². The van der Waals surface area contributed by atoms with Gasteiger partial charge in [-0.2, -0.15) is 9.36 Å². The van der Waals surface area contributed by atoms with Gasteiger partial charge in [0.1, 0.15) is 6.67 Å². The Bertz CT molecular complexity index is 201. The first-order chi connectivity index (χ1) is 4.83. The molecule has 0 aliphatic carbocycles. The molecule has 0 aliphatic rings. The molecule has 0 aromatic carbocycles. The first-order valence-corrected chi connectivity index (χ1v) is 3.49. The second-order valence-electron chi connectivity index (χ2n) is 1.57. The molecule has 0 bridgehead atoms. The molecule has 0 atom stereocenters. The van der Waals surface area contributed by atoms with Gasteiger partial charge in [-0.3, -0.25) is 0 Å². The molecule has 3 N–H and O–H groups in total. The van der Waals surface area contributed by atoms with Crippen molar-refractivity contribution in [2.45, 2.75) is 0 Å². The fraction of sp³-hybridized carbons (Fsp3) is 0.500. The SMILES string of the molecule is Nc1nsc(NCCF)n1. The average Bonchev–Trinajstić information content (AvgIpc) is 2.31. The zero-order valence-corrected chi connectivity index (χ0v) is 5.99. The summed E-state index contributed by atoms with van der Waals surface area (Å²) in [5.74, 6) is 0.228. The van der Waals surface area contributed by atoms with Crippen molar-refractivity contribution in [2.24, 2.45) is 0 Å². The van der Waals surface area contributed by atoms with Crippen molar-refractivity contribution in [3.8, 4) is 0 Å². The molecule has 0 saturated heterocycles. The van der Waals surface area contributed by atoms with Crippen LogP contribution in [0.2, 0.25) is 0 Å². The number of rotatable bonds is 3. The number of hydrogen-bond acceptors (Lipinski definition) is 5. The predicted octanol–water partition coefficient (Wildman–Crippen LogP) is 0.502. The highest BCUT2D eigenvalue weighted by Crippen LogP contribution is 2.10. The van der Waals surface area contributed by atoms with E-state index in [1.54, 1.807) is 0 Å². The Morgan fingerprint density at radius 3 is 3.00 bits per heavy atom. The maximum atomic E-state index is 11.5. The van der Waals surface area contributed by atoms with Crippen molar-refractivity contribution >= 4 is 22.6 Å². The van der Waals surface area contributed by atoms with E-state index in [1.165, 1.54) is 0 Å². The quantitative estimate of drug-likeness (QED) is 0.679. The number of nitrogens with zero attached hydrogens (tertiary/aromatic N) is 2. The molecule has 0 amide bonds. The summed E-state index contributed by atoms with van der Waals surface area (Å²) in [6.07, 6.45) is 0. The Kier molecular flexibility index (Phi) is 2.38. The van der Waals surface area contributed by atoms with E-state index in [-0.39, 0.29) is 12.5 Å². The molecule has 56 valence electrons. The molecule has 10 heavy (non-hydrogen) atoms. The smallest absolute Gasteiger partial charge is 0.233 e. The minimum atomic E-state index is -0.417. The summed E-state index contributed by atoms with van der Waals surface area (Å²) in [7, 11) is 0. The van der Waals surface area contributed by atoms with E-state index < -0.39 is 6.67 Å². The van der Waals surface area contributed by atoms with Gasteiger partial charge in [0.25, 0.3) is 0 Å². The van der Waals surface area contributed by atoms with Crippen LogP contribution in [0.5, 0.6) is 0 Å². The van der Waals surface area contributed by atoms with Crippen LogP contribution >= 0.6 is 11.5 Å². The van der Waals surface area contributed by atoms with Crippen LogP contribution in [0.25, 0.3) is 0 Å². The molecule has 1 rings (SSSR count). The second kappa shape index (κ2) is 3.31. The van der Waals surface area contributed by atoms with Gasteiger partial charge in [-0.25, -0.2) is 4.39 Å². The topological polar surface area (TPSA) is 63.8 Å². The molecular weight excluding hydrogens is 155 g/mol. The third-order valence-corrected chi connectivity index (χ3v) is 1.50. The first-order valence-electron chi connectivity index (χ1n) is 2.72. The molecule has 4 nitrogen and oxygen atoms in total. The molecule has 0 spiro atoms. The van der Waals surface area contributed by atoms with Gasteiger partial charge in [0, 0.05) is 18.1 Å². The monoisotopic (exact) mass is 162 g/mol. The highest BCUT2D eigenvalue weighted by Gasteiger charge is 1.96. The summed E-state index contributed by atoms with van der Waals surface area (Å²) in [5.41, 5.74) is 5.20. The van der Waals surface area contributed by atoms with Crippen LogP contribution in [0.4, 0.5) is 15.5 Å². The minimum Gasteiger partial charge on any atom is -0.367 e. The molecule has 1 heterocycles. The lowest BCUT2D eigenvalue weighted by molar-refractivity contribution is 0.512. The Morgan fingerprint density at radius 2 is 2.50 bits per heavy atom. The molecule has 1 aromatic rings. The van der Waals surface area contributed by atoms with Crippen LogP contribution in [0.1, 0.15) is 0 Å². The summed E-state index contributed by atoms with van der Waals surface area (Å²) >= 11 is 1.13. The molecule has 6 heteroatoms. The Labute approximate surface area is 61.4 Å². The molecule has 0 radical (unpaired) electrons. The summed E-state index contributed by atoms with van der Waals surface area (Å²) < 4.78 is 15.2. The van der Waals surface area contributed by atoms with Crippen LogP contribution in [-0.4, -0.2) is 22.6 Å². The lowest BCUT2D eigenvalue weighted by Gasteiger charge is -1.93. The van der Waals surface area contributed by atoms with Gasteiger partial charge < -0.3 is 11.1 Å². The fourth-order valence-electron chi connectivity index (χ4n) is 0.461. The number of nitrogen functional groups attached to an aromatic ring is 1. The van der Waals surface area contributed by atoms with Crippen molar-refractivity contribution in [3.05, 3.63) is 0 Å². The van der Waals surface area contributed by atoms with Crippen molar-refractivity contribution in [1.82, 2.24) is 9.36 Å². The summed E-state index contributed by atoms with van der Waals surface area (Å²) in [6, 6.07) is 0. The van der Waals surface area contributed by atoms with Gasteiger partial charge in [-0.05, 0) is 0 Å². The molecule has 0 unspecified atom stereocenters. The summed E-state index contributed by atoms with van der Waals surface area (Å²) in [6.45, 7) is -0.159. The molecule has 0 saturated carbocycles. The maximum absolute atomic E-state index is 11.5. The van der Waals surface area contributed by atoms with Gasteiger partial charge in [-0.15, -0.1) is 0 Å². The lowest BCUT2D eigenvalue weighted by atomic mass is 10.7. The summed E-state index contributed by atoms with van der Waals surface area (Å²) in [4.78, 5) is 3.76. The zero-order valence-electron chi connectivity index (χ0n) is 5.17. The zero-order chi connectivity index (χ0) is 7.40. The van der Waals surface area contributed by atoms with E-state index in [4.69, 9.17) is 5.73 Å². The van der Waals surface area contributed by atoms with Crippen LogP contribution < -0.4 is 11.1 Å². The largest absolute Gasteiger partial charge is 0.367 e. The van der Waals surface area contributed by atoms with Crippen molar-refractivity contribution < 1.29 is 4.39 Å². The van der Waals surface area contributed by atoms with E-state index in [9.17, 15) is 4.39 Å². The van der Waals surface area contributed by atoms with Crippen LogP contribution in [0.15, 0.2) is 0 Å². The van der Waals surface area contributed by atoms with Gasteiger partial charge >= 0.3 is 0 Å². The number of halogens is 1. The average molecular weight is 162 g/mol. The molecule has 0 fully saturated rings. The number of nitrogens with one attached hydrogen (secondary N) is 1. The van der Waals surface area contributed by atoms with E-state index >= 15 is 0 Å². The van der Waals surface area contributed by atoms with Crippen LogP contribution in [-0.2, 0) is 0 Å². The standard InChI is InChI=1S/C4H7FN4S/c5-1-2-7-4-8-3(6)9-10-4/h1-2H2,(H3,6,7,8,9). The van der Waals surface area contributed by atoms with Gasteiger partial charge in [-0.1, -0.05) is 0 Å². The molecule has 0 aliphatic heterocycles. The van der Waals surface area contributed by atoms with Crippen molar-refractivity contribution in [2.75, 3.05) is 24.3 Å². The fourth-order valence-corrected chi connectivity index (χ4v) is 0.983. The van der Waals surface area contributed by atoms with Gasteiger partial charge in [0.2, 0.25) is 11.1 Å². The third-order valence-electron chi connectivity index (χ3n) is 0.812. The summed E-state index contributed by atoms with van der Waals surface area (Å²) in [5, 5.41) is 3.27. The van der Waals surface area contributed by atoms with Gasteiger partial charge in [0.05, 0.1) is 0 Å². The first kappa shape index (κ1) is 7.20. The normalized spacial score (nSPS) is 9.70. The van der Waals surface area contributed by atoms with E-state index in [1.807, 2.05) is 0 Å². The van der Waals surface area contributed by atoms with Crippen LogP contribution in [0, 0.1) is 0 Å². The number of alkyl halides is 1. The Hall–Kier alpha value is -0.910. The number of hydrogen-bond donors (Lipinski definition) is 2. The second-order valence-corrected chi connectivity index (χ2v) is 2.33. The molecule has 1 aromatic heterocycles. The Morgan fingerprint density at radius 1 is 1.70 bits per heavy atom. The number of nitrogens with two attached hydrogens (primary N) is 1. The lowest BCUT2D eigenvalue weighted by Crippen LogP contribution is -2.02. The van der Waals surface area contributed by atoms with Crippen molar-refractivity contribution in [3.63, 3.8) is 0 Å². The van der Waals surface area contributed by atoms with E-state index in [0.29, 0.717) is 5.13 Å². The molecular formula is C4H7FN4S.